The van der Waals surface area contributed by atoms with E-state index in [-0.39, 0.29) is 11.8 Å². The van der Waals surface area contributed by atoms with Gasteiger partial charge in [0, 0.05) is 45.3 Å². The van der Waals surface area contributed by atoms with E-state index < -0.39 is 0 Å². The molecule has 5 nitrogen and oxygen atoms in total. The molecular formula is C21H30N2O3. The van der Waals surface area contributed by atoms with Crippen LogP contribution in [0.4, 0.5) is 0 Å². The van der Waals surface area contributed by atoms with E-state index in [0.717, 1.165) is 17.9 Å². The fraction of sp³-hybridized carbons (Fsp3) is 0.619. The van der Waals surface area contributed by atoms with E-state index in [1.165, 1.54) is 25.7 Å². The van der Waals surface area contributed by atoms with Gasteiger partial charge in [0.15, 0.2) is 0 Å². The highest BCUT2D eigenvalue weighted by Crippen LogP contribution is 2.28. The monoisotopic (exact) mass is 358 g/mol. The van der Waals surface area contributed by atoms with Crippen LogP contribution in [0.15, 0.2) is 24.3 Å². The van der Waals surface area contributed by atoms with Crippen LogP contribution in [-0.4, -0.2) is 54.9 Å². The Morgan fingerprint density at radius 3 is 2.23 bits per heavy atom. The Labute approximate surface area is 156 Å². The number of methoxy groups -OCH3 is 1. The molecule has 0 unspecified atom stereocenters. The molecule has 2 aliphatic rings. The smallest absolute Gasteiger partial charge is 0.253 e. The number of carbonyl (C=O) groups is 2. The predicted molar refractivity (Wildman–Crippen MR) is 101 cm³/mol. The summed E-state index contributed by atoms with van der Waals surface area (Å²) in [6, 6.07) is 7.57. The zero-order valence-electron chi connectivity index (χ0n) is 15.8. The zero-order chi connectivity index (χ0) is 18.4. The van der Waals surface area contributed by atoms with Crippen molar-refractivity contribution in [2.75, 3.05) is 33.3 Å². The molecule has 1 aliphatic heterocycles. The van der Waals surface area contributed by atoms with Crippen LogP contribution in [0.3, 0.4) is 0 Å². The van der Waals surface area contributed by atoms with E-state index in [0.29, 0.717) is 44.8 Å². The van der Waals surface area contributed by atoms with Crippen LogP contribution in [0.2, 0.25) is 0 Å². The molecule has 0 bridgehead atoms. The highest BCUT2D eigenvalue weighted by Gasteiger charge is 2.25. The Kier molecular flexibility index (Phi) is 6.67. The summed E-state index contributed by atoms with van der Waals surface area (Å²) >= 11 is 0. The fourth-order valence-electron chi connectivity index (χ4n) is 4.04. The quantitative estimate of drug-likeness (QED) is 0.785. The van der Waals surface area contributed by atoms with Gasteiger partial charge < -0.3 is 14.5 Å². The Morgan fingerprint density at radius 2 is 1.62 bits per heavy atom. The molecule has 1 aliphatic carbocycles. The second kappa shape index (κ2) is 9.17. The minimum absolute atomic E-state index is 0.0482. The van der Waals surface area contributed by atoms with Crippen LogP contribution in [0.1, 0.15) is 54.4 Å². The third-order valence-corrected chi connectivity index (χ3v) is 5.67. The van der Waals surface area contributed by atoms with Crippen molar-refractivity contribution in [3.63, 3.8) is 0 Å². The third kappa shape index (κ3) is 4.85. The van der Waals surface area contributed by atoms with E-state index >= 15 is 0 Å². The predicted octanol–water partition coefficient (Wildman–Crippen LogP) is 3.09. The number of nitrogens with zero attached hydrogens (tertiary/aromatic N) is 2. The van der Waals surface area contributed by atoms with Crippen LogP contribution >= 0.6 is 0 Å². The molecule has 142 valence electrons. The van der Waals surface area contributed by atoms with E-state index in [1.807, 2.05) is 34.1 Å². The summed E-state index contributed by atoms with van der Waals surface area (Å²) < 4.78 is 5.10. The SMILES string of the molecule is COCc1ccc(C(=O)N2CCN(C(=O)CCC3CCCC3)CC2)cc1. The molecule has 1 saturated heterocycles. The summed E-state index contributed by atoms with van der Waals surface area (Å²) in [6.45, 7) is 3.09. The molecule has 1 aromatic rings. The first-order valence-electron chi connectivity index (χ1n) is 9.82. The normalized spacial score (nSPS) is 18.3. The standard InChI is InChI=1S/C21H30N2O3/c1-26-16-18-6-9-19(10-7-18)21(25)23-14-12-22(13-15-23)20(24)11-8-17-4-2-3-5-17/h6-7,9-10,17H,2-5,8,11-16H2,1H3. The average Bonchev–Trinajstić information content (AvgIpc) is 3.20. The fourth-order valence-corrected chi connectivity index (χ4v) is 4.04. The number of ether oxygens (including phenoxy) is 1. The van der Waals surface area contributed by atoms with Crippen molar-refractivity contribution < 1.29 is 14.3 Å². The Hall–Kier alpha value is -1.88. The minimum Gasteiger partial charge on any atom is -0.380 e. The zero-order valence-corrected chi connectivity index (χ0v) is 15.8. The van der Waals surface area contributed by atoms with Crippen molar-refractivity contribution in [1.82, 2.24) is 9.80 Å². The van der Waals surface area contributed by atoms with Crippen LogP contribution in [0.25, 0.3) is 0 Å². The molecule has 0 radical (unpaired) electrons. The molecule has 0 N–H and O–H groups in total. The maximum absolute atomic E-state index is 12.6. The van der Waals surface area contributed by atoms with Gasteiger partial charge in [0.2, 0.25) is 5.91 Å². The molecule has 1 heterocycles. The van der Waals surface area contributed by atoms with Crippen molar-refractivity contribution >= 4 is 11.8 Å². The second-order valence-corrected chi connectivity index (χ2v) is 7.49. The highest BCUT2D eigenvalue weighted by atomic mass is 16.5. The summed E-state index contributed by atoms with van der Waals surface area (Å²) in [5, 5.41) is 0. The van der Waals surface area contributed by atoms with Gasteiger partial charge >= 0.3 is 0 Å². The van der Waals surface area contributed by atoms with E-state index in [1.54, 1.807) is 7.11 Å². The lowest BCUT2D eigenvalue weighted by atomic mass is 10.0. The number of hydrogen-bond acceptors (Lipinski definition) is 3. The molecule has 3 rings (SSSR count). The van der Waals surface area contributed by atoms with Gasteiger partial charge in [-0.2, -0.15) is 0 Å². The summed E-state index contributed by atoms with van der Waals surface area (Å²) in [6.07, 6.45) is 6.93. The van der Waals surface area contributed by atoms with Crippen molar-refractivity contribution in [3.8, 4) is 0 Å². The number of hydrogen-bond donors (Lipinski definition) is 0. The van der Waals surface area contributed by atoms with Crippen LogP contribution in [0, 0.1) is 5.92 Å². The van der Waals surface area contributed by atoms with Gasteiger partial charge in [0.25, 0.3) is 5.91 Å². The number of piperazine rings is 1. The summed E-state index contributed by atoms with van der Waals surface area (Å²) in [5.74, 6) is 1.06. The lowest BCUT2D eigenvalue weighted by Gasteiger charge is -2.35. The Bertz CT molecular complexity index is 600. The largest absolute Gasteiger partial charge is 0.380 e. The molecule has 0 atom stereocenters. The maximum atomic E-state index is 12.6. The number of amides is 2. The minimum atomic E-state index is 0.0482. The van der Waals surface area contributed by atoms with Crippen LogP contribution in [-0.2, 0) is 16.1 Å². The molecule has 1 aromatic carbocycles. The van der Waals surface area contributed by atoms with Gasteiger partial charge in [0.1, 0.15) is 0 Å². The molecule has 26 heavy (non-hydrogen) atoms. The van der Waals surface area contributed by atoms with Gasteiger partial charge in [-0.25, -0.2) is 0 Å². The number of carbonyl (C=O) groups excluding carboxylic acids is 2. The molecule has 2 amide bonds. The molecule has 1 saturated carbocycles. The first-order chi connectivity index (χ1) is 12.7. The van der Waals surface area contributed by atoms with E-state index in [2.05, 4.69) is 0 Å². The van der Waals surface area contributed by atoms with Crippen LogP contribution < -0.4 is 0 Å². The molecule has 0 spiro atoms. The molecule has 0 aromatic heterocycles. The summed E-state index contributed by atoms with van der Waals surface area (Å²) in [4.78, 5) is 28.8. The number of benzene rings is 1. The lowest BCUT2D eigenvalue weighted by Crippen LogP contribution is -2.50. The third-order valence-electron chi connectivity index (χ3n) is 5.67. The van der Waals surface area contributed by atoms with Gasteiger partial charge in [0.05, 0.1) is 6.61 Å². The Balaban J connectivity index is 1.44. The van der Waals surface area contributed by atoms with Crippen molar-refractivity contribution in [3.05, 3.63) is 35.4 Å². The second-order valence-electron chi connectivity index (χ2n) is 7.49. The molecular weight excluding hydrogens is 328 g/mol. The first kappa shape index (κ1) is 18.9. The Morgan fingerprint density at radius 1 is 1.00 bits per heavy atom. The average molecular weight is 358 g/mol. The van der Waals surface area contributed by atoms with Gasteiger partial charge in [-0.05, 0) is 30.0 Å². The van der Waals surface area contributed by atoms with Crippen LogP contribution in [0.5, 0.6) is 0 Å². The summed E-state index contributed by atoms with van der Waals surface area (Å²) in [7, 11) is 1.66. The summed E-state index contributed by atoms with van der Waals surface area (Å²) in [5.41, 5.74) is 1.76. The van der Waals surface area contributed by atoms with Gasteiger partial charge in [-0.15, -0.1) is 0 Å². The van der Waals surface area contributed by atoms with Crippen molar-refractivity contribution in [2.45, 2.75) is 45.1 Å². The lowest BCUT2D eigenvalue weighted by molar-refractivity contribution is -0.133. The van der Waals surface area contributed by atoms with Gasteiger partial charge in [-0.3, -0.25) is 9.59 Å². The first-order valence-corrected chi connectivity index (χ1v) is 9.82. The van der Waals surface area contributed by atoms with E-state index in [4.69, 9.17) is 4.74 Å². The highest BCUT2D eigenvalue weighted by molar-refractivity contribution is 5.94. The number of rotatable bonds is 6. The van der Waals surface area contributed by atoms with Crippen molar-refractivity contribution in [2.24, 2.45) is 5.92 Å². The maximum Gasteiger partial charge on any atom is 0.253 e. The van der Waals surface area contributed by atoms with Gasteiger partial charge in [-0.1, -0.05) is 37.8 Å². The van der Waals surface area contributed by atoms with Crippen molar-refractivity contribution in [1.29, 1.82) is 0 Å². The molecule has 2 fully saturated rings. The topological polar surface area (TPSA) is 49.9 Å². The van der Waals surface area contributed by atoms with E-state index in [9.17, 15) is 9.59 Å². The molecule has 5 heteroatoms.